The van der Waals surface area contributed by atoms with Gasteiger partial charge in [-0.25, -0.2) is 15.5 Å². The molecule has 0 radical (unpaired) electrons. The lowest BCUT2D eigenvalue weighted by Crippen LogP contribution is -2.29. The van der Waals surface area contributed by atoms with Crippen molar-refractivity contribution in [2.45, 2.75) is 6.54 Å². The predicted molar refractivity (Wildman–Crippen MR) is 54.2 cm³/mol. The quantitative estimate of drug-likeness (QED) is 0.413. The Kier molecular flexibility index (Phi) is 2.85. The summed E-state index contributed by atoms with van der Waals surface area (Å²) in [6.45, 7) is 0.284. The number of furan rings is 1. The van der Waals surface area contributed by atoms with Crippen LogP contribution in [0.3, 0.4) is 0 Å². The normalized spacial score (nSPS) is 9.88. The highest BCUT2D eigenvalue weighted by Crippen LogP contribution is 2.08. The van der Waals surface area contributed by atoms with Gasteiger partial charge in [-0.2, -0.15) is 5.26 Å². The molecule has 0 fully saturated rings. The van der Waals surface area contributed by atoms with Crippen molar-refractivity contribution in [3.63, 3.8) is 0 Å². The summed E-state index contributed by atoms with van der Waals surface area (Å²) in [5.41, 5.74) is 1.96. The first-order valence-corrected chi connectivity index (χ1v) is 4.62. The molecular formula is C9H8N6O2. The topological polar surface area (TPSA) is 123 Å². The maximum Gasteiger partial charge on any atom is 0.300 e. The molecule has 2 aromatic heterocycles. The smallest absolute Gasteiger partial charge is 0.300 e. The van der Waals surface area contributed by atoms with Gasteiger partial charge in [-0.1, -0.05) is 0 Å². The van der Waals surface area contributed by atoms with Crippen molar-refractivity contribution < 1.29 is 9.21 Å². The summed E-state index contributed by atoms with van der Waals surface area (Å²) >= 11 is 0. The van der Waals surface area contributed by atoms with E-state index >= 15 is 0 Å². The number of rotatable bonds is 3. The molecule has 0 aliphatic rings. The third kappa shape index (κ3) is 2.30. The zero-order valence-corrected chi connectivity index (χ0v) is 8.62. The van der Waals surface area contributed by atoms with Crippen molar-refractivity contribution in [1.82, 2.24) is 20.2 Å². The van der Waals surface area contributed by atoms with Crippen LogP contribution >= 0.6 is 0 Å². The average molecular weight is 232 g/mol. The second-order valence-electron chi connectivity index (χ2n) is 3.12. The van der Waals surface area contributed by atoms with Gasteiger partial charge >= 0.3 is 5.91 Å². The second-order valence-corrected chi connectivity index (χ2v) is 3.12. The molecule has 0 aliphatic carbocycles. The number of aromatic nitrogens is 3. The van der Waals surface area contributed by atoms with Crippen LogP contribution in [0, 0.1) is 11.3 Å². The summed E-state index contributed by atoms with van der Waals surface area (Å²) in [4.78, 5) is 14.9. The minimum absolute atomic E-state index is 0.0801. The lowest BCUT2D eigenvalue weighted by molar-refractivity contribution is 0.0924. The number of nitriles is 1. The molecule has 0 aliphatic heterocycles. The number of carbonyl (C=O) groups is 1. The highest BCUT2D eigenvalue weighted by Gasteiger charge is 2.10. The van der Waals surface area contributed by atoms with Gasteiger partial charge in [-0.15, -0.1) is 5.10 Å². The molecule has 0 saturated carbocycles. The first-order chi connectivity index (χ1) is 8.22. The molecule has 0 saturated heterocycles. The first-order valence-electron chi connectivity index (χ1n) is 4.62. The fourth-order valence-corrected chi connectivity index (χ4v) is 1.24. The molecule has 8 heteroatoms. The van der Waals surface area contributed by atoms with Gasteiger partial charge in [0, 0.05) is 0 Å². The molecule has 2 heterocycles. The van der Waals surface area contributed by atoms with Crippen molar-refractivity contribution in [3.8, 4) is 6.07 Å². The molecule has 0 spiro atoms. The van der Waals surface area contributed by atoms with Gasteiger partial charge in [0.15, 0.2) is 5.76 Å². The summed E-state index contributed by atoms with van der Waals surface area (Å²) in [7, 11) is 0. The fourth-order valence-electron chi connectivity index (χ4n) is 1.24. The van der Waals surface area contributed by atoms with E-state index in [2.05, 4.69) is 10.1 Å². The van der Waals surface area contributed by atoms with E-state index in [9.17, 15) is 4.79 Å². The van der Waals surface area contributed by atoms with Crippen molar-refractivity contribution in [2.75, 3.05) is 0 Å². The van der Waals surface area contributed by atoms with E-state index in [1.54, 1.807) is 6.07 Å². The van der Waals surface area contributed by atoms with E-state index in [0.717, 1.165) is 0 Å². The van der Waals surface area contributed by atoms with Gasteiger partial charge in [-0.05, 0) is 12.1 Å². The zero-order valence-electron chi connectivity index (χ0n) is 8.62. The van der Waals surface area contributed by atoms with Crippen LogP contribution in [0.1, 0.15) is 22.1 Å². The predicted octanol–water partition coefficient (Wildman–Crippen LogP) is -0.605. The van der Waals surface area contributed by atoms with E-state index in [-0.39, 0.29) is 18.1 Å². The third-order valence-corrected chi connectivity index (χ3v) is 1.97. The Morgan fingerprint density at radius 3 is 3.12 bits per heavy atom. The Labute approximate surface area is 95.6 Å². The van der Waals surface area contributed by atoms with E-state index in [1.807, 2.05) is 11.5 Å². The van der Waals surface area contributed by atoms with Crippen molar-refractivity contribution in [3.05, 3.63) is 35.8 Å². The lowest BCUT2D eigenvalue weighted by atomic mass is 10.4. The Morgan fingerprint density at radius 1 is 1.65 bits per heavy atom. The second kappa shape index (κ2) is 4.46. The monoisotopic (exact) mass is 232 g/mol. The highest BCUT2D eigenvalue weighted by atomic mass is 16.4. The van der Waals surface area contributed by atoms with E-state index < -0.39 is 5.91 Å². The van der Waals surface area contributed by atoms with E-state index in [1.165, 1.54) is 17.1 Å². The molecule has 1 amide bonds. The van der Waals surface area contributed by atoms with Gasteiger partial charge in [0.05, 0.1) is 0 Å². The number of nitrogens with two attached hydrogens (primary N) is 1. The van der Waals surface area contributed by atoms with E-state index in [4.69, 9.17) is 15.5 Å². The van der Waals surface area contributed by atoms with Crippen LogP contribution in [0.2, 0.25) is 0 Å². The maximum absolute atomic E-state index is 11.1. The highest BCUT2D eigenvalue weighted by molar-refractivity contribution is 5.90. The Hall–Kier alpha value is -2.66. The lowest BCUT2D eigenvalue weighted by Gasteiger charge is -1.96. The average Bonchev–Trinajstić information content (AvgIpc) is 2.97. The van der Waals surface area contributed by atoms with E-state index in [0.29, 0.717) is 5.76 Å². The van der Waals surface area contributed by atoms with Crippen molar-refractivity contribution in [1.29, 1.82) is 5.26 Å². The minimum atomic E-state index is -0.507. The number of hydrogen-bond acceptors (Lipinski definition) is 6. The molecule has 2 aromatic rings. The summed E-state index contributed by atoms with van der Waals surface area (Å²) < 4.78 is 6.65. The van der Waals surface area contributed by atoms with Gasteiger partial charge in [0.1, 0.15) is 24.7 Å². The molecule has 8 nitrogen and oxygen atoms in total. The summed E-state index contributed by atoms with van der Waals surface area (Å²) in [5.74, 6) is 5.16. The van der Waals surface area contributed by atoms with Crippen LogP contribution < -0.4 is 11.3 Å². The third-order valence-electron chi connectivity index (χ3n) is 1.97. The molecule has 86 valence electrons. The maximum atomic E-state index is 11.1. The molecule has 17 heavy (non-hydrogen) atoms. The number of carbonyl (C=O) groups excluding carboxylic acids is 1. The van der Waals surface area contributed by atoms with Gasteiger partial charge in [0.25, 0.3) is 5.82 Å². The van der Waals surface area contributed by atoms with Gasteiger partial charge < -0.3 is 4.42 Å². The van der Waals surface area contributed by atoms with Crippen molar-refractivity contribution in [2.24, 2.45) is 5.84 Å². The Bertz CT molecular complexity index is 578. The zero-order chi connectivity index (χ0) is 12.3. The SMILES string of the molecule is N#Cc1ncn(Cc2ccc(C(=O)NN)o2)n1. The van der Waals surface area contributed by atoms with Gasteiger partial charge in [0.2, 0.25) is 0 Å². The number of nitrogen functional groups attached to an aromatic ring is 1. The number of nitrogens with one attached hydrogen (secondary N) is 1. The van der Waals surface area contributed by atoms with Crippen LogP contribution in [-0.2, 0) is 6.54 Å². The van der Waals surface area contributed by atoms with Crippen LogP contribution in [0.5, 0.6) is 0 Å². The largest absolute Gasteiger partial charge is 0.454 e. The van der Waals surface area contributed by atoms with Gasteiger partial charge in [-0.3, -0.25) is 10.2 Å². The number of hydrogen-bond donors (Lipinski definition) is 2. The summed E-state index contributed by atoms with van der Waals surface area (Å²) in [6, 6.07) is 4.93. The molecule has 0 unspecified atom stereocenters. The van der Waals surface area contributed by atoms with Crippen molar-refractivity contribution >= 4 is 5.91 Å². The van der Waals surface area contributed by atoms with Crippen LogP contribution in [-0.4, -0.2) is 20.7 Å². The standard InChI is InChI=1S/C9H8N6O2/c10-3-8-12-5-15(14-8)4-6-1-2-7(17-6)9(16)13-11/h1-2,5H,4,11H2,(H,13,16). The molecule has 0 bridgehead atoms. The number of nitrogens with zero attached hydrogens (tertiary/aromatic N) is 4. The molecule has 2 rings (SSSR count). The molecular weight excluding hydrogens is 224 g/mol. The Morgan fingerprint density at radius 2 is 2.47 bits per heavy atom. The van der Waals surface area contributed by atoms with Crippen LogP contribution in [0.25, 0.3) is 0 Å². The minimum Gasteiger partial charge on any atom is -0.454 e. The fraction of sp³-hybridized carbons (Fsp3) is 0.111. The Balaban J connectivity index is 2.11. The first kappa shape index (κ1) is 10.8. The summed E-state index contributed by atoms with van der Waals surface area (Å²) in [5, 5.41) is 12.4. The summed E-state index contributed by atoms with van der Waals surface area (Å²) in [6.07, 6.45) is 1.41. The number of amides is 1. The molecule has 3 N–H and O–H groups in total. The molecule has 0 atom stereocenters. The van der Waals surface area contributed by atoms with Crippen LogP contribution in [0.15, 0.2) is 22.9 Å². The van der Waals surface area contributed by atoms with Crippen LogP contribution in [0.4, 0.5) is 0 Å². The number of hydrazine groups is 1. The molecule has 0 aromatic carbocycles.